The van der Waals surface area contributed by atoms with E-state index in [-0.39, 0.29) is 11.8 Å². The fourth-order valence-electron chi connectivity index (χ4n) is 1.44. The summed E-state index contributed by atoms with van der Waals surface area (Å²) in [5.41, 5.74) is -0.486. The van der Waals surface area contributed by atoms with Crippen molar-refractivity contribution in [3.05, 3.63) is 0 Å². The highest BCUT2D eigenvalue weighted by Gasteiger charge is 2.34. The maximum absolute atomic E-state index is 11.4. The lowest BCUT2D eigenvalue weighted by Gasteiger charge is -2.21. The van der Waals surface area contributed by atoms with Gasteiger partial charge in [-0.25, -0.2) is 0 Å². The Morgan fingerprint density at radius 2 is 2.08 bits per heavy atom. The first kappa shape index (κ1) is 10.2. The van der Waals surface area contributed by atoms with E-state index in [1.807, 2.05) is 20.8 Å². The summed E-state index contributed by atoms with van der Waals surface area (Å²) >= 11 is 0. The van der Waals surface area contributed by atoms with Gasteiger partial charge in [-0.05, 0) is 33.6 Å². The highest BCUT2D eigenvalue weighted by Crippen LogP contribution is 2.24. The molecule has 1 fully saturated rings. The van der Waals surface area contributed by atoms with Crippen LogP contribution in [0.1, 0.15) is 40.0 Å². The summed E-state index contributed by atoms with van der Waals surface area (Å²) in [5, 5.41) is 0. The molecule has 0 bridgehead atoms. The molecular formula is C10H16O3. The molecule has 13 heavy (non-hydrogen) atoms. The van der Waals surface area contributed by atoms with Crippen molar-refractivity contribution in [2.45, 2.75) is 45.6 Å². The zero-order valence-corrected chi connectivity index (χ0v) is 8.42. The van der Waals surface area contributed by atoms with Crippen molar-refractivity contribution in [3.8, 4) is 0 Å². The zero-order valence-electron chi connectivity index (χ0n) is 8.42. The third kappa shape index (κ3) is 2.83. The number of carbonyl (C=O) groups excluding carboxylic acids is 2. The molecule has 0 radical (unpaired) electrons. The fraction of sp³-hybridized carbons (Fsp3) is 0.800. The van der Waals surface area contributed by atoms with Gasteiger partial charge in [0.05, 0.1) is 0 Å². The van der Waals surface area contributed by atoms with E-state index < -0.39 is 11.5 Å². The van der Waals surface area contributed by atoms with Gasteiger partial charge in [0.15, 0.2) is 0 Å². The van der Waals surface area contributed by atoms with Crippen LogP contribution < -0.4 is 0 Å². The molecule has 3 heteroatoms. The van der Waals surface area contributed by atoms with Gasteiger partial charge in [0.1, 0.15) is 17.3 Å². The lowest BCUT2D eigenvalue weighted by molar-refractivity contribution is -0.161. The summed E-state index contributed by atoms with van der Waals surface area (Å²) in [6.45, 7) is 5.43. The van der Waals surface area contributed by atoms with Crippen LogP contribution in [0.3, 0.4) is 0 Å². The molecule has 1 atom stereocenters. The predicted molar refractivity (Wildman–Crippen MR) is 48.2 cm³/mol. The minimum Gasteiger partial charge on any atom is -0.459 e. The lowest BCUT2D eigenvalue weighted by atomic mass is 10.1. The molecule has 1 rings (SSSR count). The number of rotatable bonds is 1. The van der Waals surface area contributed by atoms with Crippen LogP contribution in [0.15, 0.2) is 0 Å². The molecule has 1 aliphatic carbocycles. The van der Waals surface area contributed by atoms with Crippen molar-refractivity contribution >= 4 is 11.8 Å². The standard InChI is InChI=1S/C10H16O3/c1-10(2,3)13-9(12)7-5-4-6-8(7)11/h7H,4-6H2,1-3H3/t7-/m0/s1. The normalized spacial score (nSPS) is 23.3. The van der Waals surface area contributed by atoms with Crippen molar-refractivity contribution in [2.75, 3.05) is 0 Å². The van der Waals surface area contributed by atoms with Gasteiger partial charge in [0, 0.05) is 6.42 Å². The highest BCUT2D eigenvalue weighted by molar-refractivity contribution is 6.00. The van der Waals surface area contributed by atoms with E-state index >= 15 is 0 Å². The second-order valence-corrected chi connectivity index (χ2v) is 4.44. The van der Waals surface area contributed by atoms with E-state index in [2.05, 4.69) is 0 Å². The molecule has 0 amide bonds. The molecule has 0 aromatic rings. The first-order valence-electron chi connectivity index (χ1n) is 4.66. The molecule has 0 heterocycles. The van der Waals surface area contributed by atoms with Crippen molar-refractivity contribution in [2.24, 2.45) is 5.92 Å². The van der Waals surface area contributed by atoms with E-state index in [0.29, 0.717) is 12.8 Å². The van der Waals surface area contributed by atoms with Crippen molar-refractivity contribution < 1.29 is 14.3 Å². The van der Waals surface area contributed by atoms with Gasteiger partial charge >= 0.3 is 5.97 Å². The van der Waals surface area contributed by atoms with Gasteiger partial charge in [0.25, 0.3) is 0 Å². The van der Waals surface area contributed by atoms with E-state index in [4.69, 9.17) is 4.74 Å². The topological polar surface area (TPSA) is 43.4 Å². The molecule has 0 spiro atoms. The predicted octanol–water partition coefficient (Wildman–Crippen LogP) is 1.70. The lowest BCUT2D eigenvalue weighted by Crippen LogP contribution is -2.30. The first-order valence-corrected chi connectivity index (χ1v) is 4.66. The summed E-state index contributed by atoms with van der Waals surface area (Å²) in [7, 11) is 0. The smallest absolute Gasteiger partial charge is 0.316 e. The Hall–Kier alpha value is -0.860. The van der Waals surface area contributed by atoms with Crippen LogP contribution >= 0.6 is 0 Å². The van der Waals surface area contributed by atoms with Gasteiger partial charge < -0.3 is 4.74 Å². The molecule has 0 aliphatic heterocycles. The summed E-state index contributed by atoms with van der Waals surface area (Å²) < 4.78 is 5.13. The molecule has 3 nitrogen and oxygen atoms in total. The Bertz CT molecular complexity index is 225. The number of hydrogen-bond acceptors (Lipinski definition) is 3. The first-order chi connectivity index (χ1) is 5.90. The summed E-state index contributed by atoms with van der Waals surface area (Å²) in [6.07, 6.45) is 2.01. The average Bonchev–Trinajstić information content (AvgIpc) is 2.30. The summed E-state index contributed by atoms with van der Waals surface area (Å²) in [4.78, 5) is 22.6. The van der Waals surface area contributed by atoms with Gasteiger partial charge in [-0.2, -0.15) is 0 Å². The van der Waals surface area contributed by atoms with Crippen LogP contribution in [0.4, 0.5) is 0 Å². The number of ether oxygens (including phenoxy) is 1. The Kier molecular flexibility index (Phi) is 2.74. The molecule has 0 aromatic carbocycles. The van der Waals surface area contributed by atoms with Crippen molar-refractivity contribution in [1.29, 1.82) is 0 Å². The van der Waals surface area contributed by atoms with Crippen LogP contribution in [0.5, 0.6) is 0 Å². The average molecular weight is 184 g/mol. The van der Waals surface area contributed by atoms with Crippen LogP contribution in [0.25, 0.3) is 0 Å². The molecule has 0 aromatic heterocycles. The van der Waals surface area contributed by atoms with Crippen molar-refractivity contribution in [1.82, 2.24) is 0 Å². The molecule has 74 valence electrons. The summed E-state index contributed by atoms with van der Waals surface area (Å²) in [6, 6.07) is 0. The second kappa shape index (κ2) is 3.48. The Morgan fingerprint density at radius 3 is 2.46 bits per heavy atom. The van der Waals surface area contributed by atoms with Crippen LogP contribution in [0.2, 0.25) is 0 Å². The third-order valence-electron chi connectivity index (χ3n) is 2.00. The third-order valence-corrected chi connectivity index (χ3v) is 2.00. The number of ketones is 1. The molecule has 0 saturated heterocycles. The maximum atomic E-state index is 11.4. The zero-order chi connectivity index (χ0) is 10.1. The van der Waals surface area contributed by atoms with Gasteiger partial charge in [-0.15, -0.1) is 0 Å². The largest absolute Gasteiger partial charge is 0.459 e. The van der Waals surface area contributed by atoms with Crippen LogP contribution in [0, 0.1) is 5.92 Å². The molecular weight excluding hydrogens is 168 g/mol. The van der Waals surface area contributed by atoms with E-state index in [1.54, 1.807) is 0 Å². The SMILES string of the molecule is CC(C)(C)OC(=O)[C@H]1CCCC1=O. The monoisotopic (exact) mass is 184 g/mol. The highest BCUT2D eigenvalue weighted by atomic mass is 16.6. The maximum Gasteiger partial charge on any atom is 0.316 e. The number of carbonyl (C=O) groups is 2. The van der Waals surface area contributed by atoms with E-state index in [9.17, 15) is 9.59 Å². The van der Waals surface area contributed by atoms with Gasteiger partial charge in [-0.1, -0.05) is 0 Å². The van der Waals surface area contributed by atoms with E-state index in [1.165, 1.54) is 0 Å². The molecule has 0 unspecified atom stereocenters. The van der Waals surface area contributed by atoms with Gasteiger partial charge in [-0.3, -0.25) is 9.59 Å². The molecule has 1 aliphatic rings. The van der Waals surface area contributed by atoms with Crippen LogP contribution in [-0.2, 0) is 14.3 Å². The Balaban J connectivity index is 2.53. The minimum absolute atomic E-state index is 0.0363. The van der Waals surface area contributed by atoms with Crippen molar-refractivity contribution in [3.63, 3.8) is 0 Å². The number of hydrogen-bond donors (Lipinski definition) is 0. The number of esters is 1. The second-order valence-electron chi connectivity index (χ2n) is 4.44. The number of Topliss-reactive ketones (excluding diaryl/α,β-unsaturated/α-hetero) is 1. The molecule has 1 saturated carbocycles. The Labute approximate surface area is 78.5 Å². The minimum atomic E-state index is -0.487. The summed E-state index contributed by atoms with van der Waals surface area (Å²) in [5.74, 6) is -0.802. The van der Waals surface area contributed by atoms with E-state index in [0.717, 1.165) is 6.42 Å². The van der Waals surface area contributed by atoms with Crippen LogP contribution in [-0.4, -0.2) is 17.4 Å². The fourth-order valence-corrected chi connectivity index (χ4v) is 1.44. The van der Waals surface area contributed by atoms with Gasteiger partial charge in [0.2, 0.25) is 0 Å². The Morgan fingerprint density at radius 1 is 1.46 bits per heavy atom. The quantitative estimate of drug-likeness (QED) is 0.460. The molecule has 0 N–H and O–H groups in total.